The van der Waals surface area contributed by atoms with Crippen molar-refractivity contribution in [3.63, 3.8) is 0 Å². The molecule has 1 heteroatoms. The Bertz CT molecular complexity index is 193. The second-order valence-corrected chi connectivity index (χ2v) is 8.69. The Morgan fingerprint density at radius 1 is 0.478 bits per heavy atom. The van der Waals surface area contributed by atoms with Crippen molar-refractivity contribution in [1.29, 1.82) is 0 Å². The molecule has 0 aliphatic heterocycles. The minimum Gasteiger partial charge on any atom is -0.358 e. The largest absolute Gasteiger partial charge is 4.00 e. The Hall–Kier alpha value is 0.870. The first-order chi connectivity index (χ1) is 8.21. The van der Waals surface area contributed by atoms with Gasteiger partial charge in [0.15, 0.2) is 0 Å². The standard InChI is InChI=1S/2C9H18.4CH3.Hf/c2*1-9(2,3)8-6-4-5-7-8;;;;;/h2*8H,4-7H2,1-3H3;4*1H3;/q;;4*-1;+4. The molecule has 0 spiro atoms. The van der Waals surface area contributed by atoms with Gasteiger partial charge >= 0.3 is 25.8 Å². The van der Waals surface area contributed by atoms with Gasteiger partial charge in [0.1, 0.15) is 0 Å². The second kappa shape index (κ2) is 15.2. The van der Waals surface area contributed by atoms with Crippen molar-refractivity contribution in [2.75, 3.05) is 0 Å². The maximum atomic E-state index is 2.36. The zero-order valence-electron chi connectivity index (χ0n) is 18.3. The van der Waals surface area contributed by atoms with Crippen molar-refractivity contribution in [1.82, 2.24) is 0 Å². The summed E-state index contributed by atoms with van der Waals surface area (Å²) in [5, 5.41) is 0. The molecule has 0 unspecified atom stereocenters. The summed E-state index contributed by atoms with van der Waals surface area (Å²) >= 11 is 0. The summed E-state index contributed by atoms with van der Waals surface area (Å²) in [6.45, 7) is 14.2. The van der Waals surface area contributed by atoms with Crippen LogP contribution in [0.4, 0.5) is 0 Å². The molecule has 23 heavy (non-hydrogen) atoms. The third-order valence-electron chi connectivity index (χ3n) is 5.16. The fourth-order valence-corrected chi connectivity index (χ4v) is 3.58. The molecule has 2 fully saturated rings. The van der Waals surface area contributed by atoms with E-state index < -0.39 is 0 Å². The van der Waals surface area contributed by atoms with Gasteiger partial charge in [0.2, 0.25) is 0 Å². The van der Waals surface area contributed by atoms with Crippen LogP contribution in [-0.4, -0.2) is 0 Å². The molecule has 0 bridgehead atoms. The monoisotopic (exact) mass is 492 g/mol. The molecule has 2 rings (SSSR count). The fourth-order valence-electron chi connectivity index (χ4n) is 3.58. The summed E-state index contributed by atoms with van der Waals surface area (Å²) in [6.07, 6.45) is 11.8. The van der Waals surface area contributed by atoms with Crippen LogP contribution in [-0.2, 0) is 25.8 Å². The molecule has 0 nitrogen and oxygen atoms in total. The SMILES string of the molecule is CC(C)(C)C1CCCC1.CC(C)(C)C1CCCC1.[CH3-].[CH3-].[CH3-].[CH3-].[Hf+4]. The van der Waals surface area contributed by atoms with Gasteiger partial charge in [-0.05, 0) is 48.3 Å². The number of hydrogen-bond acceptors (Lipinski definition) is 0. The molecule has 0 aromatic rings. The van der Waals surface area contributed by atoms with Crippen LogP contribution >= 0.6 is 0 Å². The van der Waals surface area contributed by atoms with Crippen molar-refractivity contribution in [2.24, 2.45) is 22.7 Å². The van der Waals surface area contributed by atoms with Gasteiger partial charge in [-0.2, -0.15) is 0 Å². The van der Waals surface area contributed by atoms with E-state index in [1.165, 1.54) is 51.4 Å². The summed E-state index contributed by atoms with van der Waals surface area (Å²) < 4.78 is 0. The van der Waals surface area contributed by atoms with E-state index in [2.05, 4.69) is 41.5 Å². The van der Waals surface area contributed by atoms with Gasteiger partial charge in [0.25, 0.3) is 0 Å². The van der Waals surface area contributed by atoms with Gasteiger partial charge in [-0.25, -0.2) is 0 Å². The van der Waals surface area contributed by atoms with Gasteiger partial charge in [0.05, 0.1) is 0 Å². The predicted molar refractivity (Wildman–Crippen MR) is 108 cm³/mol. The van der Waals surface area contributed by atoms with Crippen molar-refractivity contribution in [2.45, 2.75) is 92.9 Å². The molecule has 140 valence electrons. The normalized spacial score (nSPS) is 18.0. The fraction of sp³-hybridized carbons (Fsp3) is 0.818. The van der Waals surface area contributed by atoms with Crippen LogP contribution in [0.5, 0.6) is 0 Å². The maximum Gasteiger partial charge on any atom is 4.00 e. The zero-order chi connectivity index (χ0) is 13.8. The Kier molecular flexibility index (Phi) is 23.1. The average molecular weight is 491 g/mol. The first-order valence-corrected chi connectivity index (χ1v) is 8.21. The molecule has 2 aliphatic carbocycles. The van der Waals surface area contributed by atoms with Gasteiger partial charge in [0, 0.05) is 0 Å². The Labute approximate surface area is 170 Å². The van der Waals surface area contributed by atoms with E-state index in [0.717, 1.165) is 11.8 Å². The Balaban J connectivity index is -0.0000000771. The van der Waals surface area contributed by atoms with E-state index in [1.54, 1.807) is 0 Å². The molecular formula is C22H48Hf. The molecule has 2 aliphatic rings. The third kappa shape index (κ3) is 13.8. The minimum absolute atomic E-state index is 0. The topological polar surface area (TPSA) is 0 Å². The summed E-state index contributed by atoms with van der Waals surface area (Å²) in [5.41, 5.74) is 1.16. The molecule has 0 amide bonds. The average Bonchev–Trinajstić information content (AvgIpc) is 2.91. The van der Waals surface area contributed by atoms with Crippen LogP contribution in [0.3, 0.4) is 0 Å². The van der Waals surface area contributed by atoms with Crippen molar-refractivity contribution in [3.05, 3.63) is 29.7 Å². The Morgan fingerprint density at radius 2 is 0.652 bits per heavy atom. The molecular weight excluding hydrogens is 443 g/mol. The van der Waals surface area contributed by atoms with E-state index in [9.17, 15) is 0 Å². The third-order valence-corrected chi connectivity index (χ3v) is 5.16. The predicted octanol–water partition coefficient (Wildman–Crippen LogP) is 8.24. The van der Waals surface area contributed by atoms with Gasteiger partial charge in [-0.15, -0.1) is 0 Å². The van der Waals surface area contributed by atoms with E-state index in [4.69, 9.17) is 0 Å². The number of rotatable bonds is 0. The maximum absolute atomic E-state index is 2.36. The van der Waals surface area contributed by atoms with Gasteiger partial charge in [-0.1, -0.05) is 67.2 Å². The molecule has 0 N–H and O–H groups in total. The second-order valence-electron chi connectivity index (χ2n) is 8.69. The van der Waals surface area contributed by atoms with Crippen LogP contribution in [0.1, 0.15) is 92.9 Å². The van der Waals surface area contributed by atoms with Crippen LogP contribution in [0.15, 0.2) is 0 Å². The molecule has 0 saturated heterocycles. The van der Waals surface area contributed by atoms with Crippen LogP contribution in [0.25, 0.3) is 0 Å². The van der Waals surface area contributed by atoms with Crippen molar-refractivity contribution < 1.29 is 25.8 Å². The summed E-state index contributed by atoms with van der Waals surface area (Å²) in [7, 11) is 0. The van der Waals surface area contributed by atoms with Gasteiger partial charge in [-0.3, -0.25) is 0 Å². The van der Waals surface area contributed by atoms with E-state index in [0.29, 0.717) is 10.8 Å². The Morgan fingerprint density at radius 3 is 0.739 bits per heavy atom. The molecule has 0 aromatic heterocycles. The first kappa shape index (κ1) is 35.1. The quantitative estimate of drug-likeness (QED) is 0.237. The molecule has 2 saturated carbocycles. The molecule has 0 atom stereocenters. The minimum atomic E-state index is 0. The van der Waals surface area contributed by atoms with Gasteiger partial charge < -0.3 is 29.7 Å². The zero-order valence-corrected chi connectivity index (χ0v) is 21.9. The molecule has 0 aromatic carbocycles. The van der Waals surface area contributed by atoms with Crippen LogP contribution in [0, 0.1) is 52.4 Å². The van der Waals surface area contributed by atoms with Crippen molar-refractivity contribution >= 4 is 0 Å². The molecule has 0 radical (unpaired) electrons. The van der Waals surface area contributed by atoms with Crippen LogP contribution < -0.4 is 0 Å². The first-order valence-electron chi connectivity index (χ1n) is 8.21. The van der Waals surface area contributed by atoms with E-state index in [-0.39, 0.29) is 55.5 Å². The smallest absolute Gasteiger partial charge is 0.358 e. The van der Waals surface area contributed by atoms with E-state index in [1.807, 2.05) is 0 Å². The summed E-state index contributed by atoms with van der Waals surface area (Å²) in [6, 6.07) is 0. The van der Waals surface area contributed by atoms with Crippen LogP contribution in [0.2, 0.25) is 0 Å². The van der Waals surface area contributed by atoms with Crippen molar-refractivity contribution in [3.8, 4) is 0 Å². The molecule has 0 heterocycles. The van der Waals surface area contributed by atoms with E-state index >= 15 is 0 Å². The summed E-state index contributed by atoms with van der Waals surface area (Å²) in [5.74, 6) is 2.02. The summed E-state index contributed by atoms with van der Waals surface area (Å²) in [4.78, 5) is 0. The number of hydrogen-bond donors (Lipinski definition) is 0.